The molecular weight excluding hydrogens is 1390 g/mol. The van der Waals surface area contributed by atoms with E-state index in [1.54, 1.807) is 0 Å². The Balaban J connectivity index is 0.000000117. The highest BCUT2D eigenvalue weighted by Crippen LogP contribution is 2.35. The Bertz CT molecular complexity index is 5380. The van der Waals surface area contributed by atoms with Crippen LogP contribution in [0.4, 0.5) is 0 Å². The standard InChI is InChI=1S/C22H22N2O.C21H24N2O.C20H18N2O.C18H20N2O.C16H16N2O/c1-22(2,3)20-14-25-21(24-20)19-13-7-12-18(23-19)17-11-6-9-15-8-4-5-10-16(15)17;1-3-8-16(9-4-1)14-18-15-24-21(22-18)20-13-7-12-19(23-20)17-10-5-2-6-11-17;1-20(2)13-23-19(22-20)18-12-6-11-17(21-18)16-10-5-8-14-7-3-4-9-15(14)16;1-18(2,3)16-12-21-17(20-16)15-11-7-10-14(19-15)13-8-5-4-6-9-13;1-16(2)11-19-15(18-16)14-10-6-9-13(17-14)12-7-4-3-5-8-12/h4-13,20H,14H2,1-3H3;2,5-7,10-13,16,18H,1,3-4,8-9,14-15H2;3-12H,13H2,1-2H3;4-11,16H,12H2,1-3H3;3-10H,11H2,1-2H3/t20-;18-;;16-;/m10.1./s1. The molecule has 1 fully saturated rings. The van der Waals surface area contributed by atoms with Crippen LogP contribution in [0.15, 0.2) is 292 Å². The fraction of sp³-hybridized carbons (Fsp3) is 0.299. The minimum Gasteiger partial charge on any atom is -0.474 e. The number of pyridine rings is 5. The number of ether oxygens (including phenoxy) is 5. The largest absolute Gasteiger partial charge is 0.474 e. The van der Waals surface area contributed by atoms with E-state index in [4.69, 9.17) is 53.6 Å². The predicted molar refractivity (Wildman–Crippen MR) is 455 cm³/mol. The highest BCUT2D eigenvalue weighted by Gasteiger charge is 2.34. The van der Waals surface area contributed by atoms with Crippen LogP contribution in [0.25, 0.3) is 77.8 Å². The van der Waals surface area contributed by atoms with Crippen LogP contribution in [-0.4, -0.2) is 117 Å². The minimum atomic E-state index is -0.174. The summed E-state index contributed by atoms with van der Waals surface area (Å²) in [5.74, 6) is 4.14. The molecule has 7 aromatic carbocycles. The second-order valence-corrected chi connectivity index (χ2v) is 32.6. The molecule has 0 bridgehead atoms. The van der Waals surface area contributed by atoms with Crippen molar-refractivity contribution in [3.63, 3.8) is 0 Å². The monoisotopic (exact) mass is 1480 g/mol. The number of aliphatic imine (C=N–C) groups is 5. The van der Waals surface area contributed by atoms with Gasteiger partial charge in [-0.05, 0) is 133 Å². The van der Waals surface area contributed by atoms with E-state index in [1.807, 2.05) is 158 Å². The van der Waals surface area contributed by atoms with E-state index in [9.17, 15) is 0 Å². The average molecular weight is 1490 g/mol. The molecule has 0 saturated heterocycles. The maximum Gasteiger partial charge on any atom is 0.236 e. The van der Waals surface area contributed by atoms with Gasteiger partial charge in [0.25, 0.3) is 0 Å². The van der Waals surface area contributed by atoms with Gasteiger partial charge >= 0.3 is 0 Å². The van der Waals surface area contributed by atoms with Crippen LogP contribution in [0, 0.1) is 16.7 Å². The summed E-state index contributed by atoms with van der Waals surface area (Å²) in [5, 5.41) is 4.84. The van der Waals surface area contributed by atoms with Crippen molar-refractivity contribution < 1.29 is 23.7 Å². The molecule has 112 heavy (non-hydrogen) atoms. The summed E-state index contributed by atoms with van der Waals surface area (Å²) in [6, 6.07) is 90.5. The zero-order chi connectivity index (χ0) is 77.7. The van der Waals surface area contributed by atoms with Gasteiger partial charge in [-0.1, -0.05) is 280 Å². The molecule has 0 N–H and O–H groups in total. The van der Waals surface area contributed by atoms with E-state index < -0.39 is 0 Å². The lowest BCUT2D eigenvalue weighted by Crippen LogP contribution is -2.25. The summed E-state index contributed by atoms with van der Waals surface area (Å²) in [5.41, 5.74) is 14.2. The minimum absolute atomic E-state index is 0.0923. The number of nitrogens with zero attached hydrogens (tertiary/aromatic N) is 10. The molecule has 1 aliphatic carbocycles. The van der Waals surface area contributed by atoms with Crippen LogP contribution in [-0.2, 0) is 23.7 Å². The Morgan fingerprint density at radius 1 is 0.304 bits per heavy atom. The molecule has 1 saturated carbocycles. The van der Waals surface area contributed by atoms with E-state index in [1.165, 1.54) is 60.1 Å². The smallest absolute Gasteiger partial charge is 0.236 e. The van der Waals surface area contributed by atoms with Gasteiger partial charge in [0.05, 0.1) is 57.7 Å². The molecule has 10 heterocycles. The third kappa shape index (κ3) is 19.6. The van der Waals surface area contributed by atoms with Gasteiger partial charge < -0.3 is 23.7 Å². The van der Waals surface area contributed by atoms with Crippen LogP contribution in [0.2, 0.25) is 0 Å². The van der Waals surface area contributed by atoms with Gasteiger partial charge in [0.1, 0.15) is 61.5 Å². The summed E-state index contributed by atoms with van der Waals surface area (Å²) < 4.78 is 28.8. The molecule has 15 nitrogen and oxygen atoms in total. The number of hydrogen-bond donors (Lipinski definition) is 0. The molecule has 0 amide bonds. The van der Waals surface area contributed by atoms with Crippen molar-refractivity contribution in [1.29, 1.82) is 0 Å². The van der Waals surface area contributed by atoms with Crippen LogP contribution in [0.1, 0.15) is 136 Å². The van der Waals surface area contributed by atoms with E-state index in [0.717, 1.165) is 90.7 Å². The number of aromatic nitrogens is 5. The summed E-state index contributed by atoms with van der Waals surface area (Å²) >= 11 is 0. The number of benzene rings is 7. The molecule has 15 heteroatoms. The third-order valence-corrected chi connectivity index (χ3v) is 20.5. The highest BCUT2D eigenvalue weighted by molar-refractivity contribution is 6.00. The molecular formula is C97H100N10O5. The lowest BCUT2D eigenvalue weighted by molar-refractivity contribution is 0.235. The molecule has 568 valence electrons. The second kappa shape index (κ2) is 34.6. The van der Waals surface area contributed by atoms with Crippen LogP contribution in [0.3, 0.4) is 0 Å². The number of rotatable bonds is 12. The van der Waals surface area contributed by atoms with Crippen molar-refractivity contribution in [2.75, 3.05) is 33.0 Å². The first-order chi connectivity index (χ1) is 54.2. The van der Waals surface area contributed by atoms with Crippen molar-refractivity contribution >= 4 is 51.0 Å². The molecule has 18 rings (SSSR count). The lowest BCUT2D eigenvalue weighted by Gasteiger charge is -2.22. The Kier molecular flexibility index (Phi) is 23.8. The lowest BCUT2D eigenvalue weighted by atomic mass is 9.85. The average Bonchev–Trinajstić information content (AvgIpc) is 1.25. The molecule has 0 spiro atoms. The Hall–Kier alpha value is -11.8. The molecule has 12 aromatic rings. The fourth-order valence-corrected chi connectivity index (χ4v) is 14.1. The number of hydrogen-bond acceptors (Lipinski definition) is 15. The first kappa shape index (κ1) is 76.9. The van der Waals surface area contributed by atoms with Crippen molar-refractivity contribution in [1.82, 2.24) is 24.9 Å². The normalized spacial score (nSPS) is 18.1. The van der Waals surface area contributed by atoms with Crippen molar-refractivity contribution in [3.8, 4) is 56.3 Å². The molecule has 5 aromatic heterocycles. The Morgan fingerprint density at radius 3 is 0.982 bits per heavy atom. The van der Waals surface area contributed by atoms with Crippen LogP contribution in [0.5, 0.6) is 0 Å². The molecule has 0 unspecified atom stereocenters. The van der Waals surface area contributed by atoms with E-state index in [2.05, 4.69) is 198 Å². The van der Waals surface area contributed by atoms with E-state index in [0.29, 0.717) is 68.6 Å². The van der Waals surface area contributed by atoms with Crippen molar-refractivity contribution in [2.24, 2.45) is 41.7 Å². The predicted octanol–water partition coefficient (Wildman–Crippen LogP) is 21.7. The quantitative estimate of drug-likeness (QED) is 0.115. The maximum absolute atomic E-state index is 5.87. The molecule has 0 radical (unpaired) electrons. The van der Waals surface area contributed by atoms with Gasteiger partial charge in [-0.15, -0.1) is 0 Å². The van der Waals surface area contributed by atoms with Crippen LogP contribution >= 0.6 is 0 Å². The first-order valence-corrected chi connectivity index (χ1v) is 39.3. The van der Waals surface area contributed by atoms with Gasteiger partial charge in [0.2, 0.25) is 29.5 Å². The first-order valence-electron chi connectivity index (χ1n) is 39.3. The number of fused-ring (bicyclic) bond motifs is 2. The second-order valence-electron chi connectivity index (χ2n) is 32.6. The third-order valence-electron chi connectivity index (χ3n) is 20.5. The van der Waals surface area contributed by atoms with Gasteiger partial charge in [0, 0.05) is 27.8 Å². The van der Waals surface area contributed by atoms with Gasteiger partial charge in [-0.3, -0.25) is 0 Å². The Labute approximate surface area is 659 Å². The van der Waals surface area contributed by atoms with Gasteiger partial charge in [0.15, 0.2) is 0 Å². The molecule has 5 aliphatic heterocycles. The summed E-state index contributed by atoms with van der Waals surface area (Å²) in [6.45, 7) is 24.5. The van der Waals surface area contributed by atoms with E-state index >= 15 is 0 Å². The Morgan fingerprint density at radius 2 is 0.616 bits per heavy atom. The zero-order valence-electron chi connectivity index (χ0n) is 66.0. The zero-order valence-corrected chi connectivity index (χ0v) is 66.0. The topological polar surface area (TPSA) is 172 Å². The maximum atomic E-state index is 5.87. The fourth-order valence-electron chi connectivity index (χ4n) is 14.1. The SMILES string of the molecule is CC(C)(C)[C@H]1COC(c2cccc(-c3cccc4ccccc34)n2)=N1.CC(C)(C)[C@H]1COC(c2cccc(-c3ccccc3)n2)=N1.CC1(C)COC(c2cccc(-c3cccc4ccccc34)n2)=N1.CC1(C)COC(c2cccc(-c3ccccc3)n2)=N1.c1ccc(-c2cccc(C3=N[C@@H](CC4CCCCC4)CO3)n2)cc1. The van der Waals surface area contributed by atoms with Crippen molar-refractivity contribution in [3.05, 3.63) is 295 Å². The van der Waals surface area contributed by atoms with Gasteiger partial charge in [-0.2, -0.15) is 0 Å². The summed E-state index contributed by atoms with van der Waals surface area (Å²) in [4.78, 5) is 47.1. The highest BCUT2D eigenvalue weighted by atomic mass is 16.5. The van der Waals surface area contributed by atoms with Gasteiger partial charge in [-0.25, -0.2) is 49.9 Å². The van der Waals surface area contributed by atoms with E-state index in [-0.39, 0.29) is 34.0 Å². The summed E-state index contributed by atoms with van der Waals surface area (Å²) in [7, 11) is 0. The molecule has 6 aliphatic rings. The molecule has 3 atom stereocenters. The summed E-state index contributed by atoms with van der Waals surface area (Å²) in [6.07, 6.45) is 8.07. The van der Waals surface area contributed by atoms with Crippen molar-refractivity contribution in [2.45, 2.75) is 137 Å². The van der Waals surface area contributed by atoms with Crippen LogP contribution < -0.4 is 0 Å².